The highest BCUT2D eigenvalue weighted by molar-refractivity contribution is 5.73. The third-order valence-electron chi connectivity index (χ3n) is 6.61. The van der Waals surface area contributed by atoms with Crippen molar-refractivity contribution in [3.05, 3.63) is 60.2 Å². The van der Waals surface area contributed by atoms with Crippen LogP contribution >= 0.6 is 0 Å². The van der Waals surface area contributed by atoms with E-state index < -0.39 is 0 Å². The first-order valence-corrected chi connectivity index (χ1v) is 12.8. The number of esters is 1. The second kappa shape index (κ2) is 13.3. The Hall–Kier alpha value is -2.35. The number of hydrogen-bond donors (Lipinski definition) is 0. The van der Waals surface area contributed by atoms with E-state index in [9.17, 15) is 4.79 Å². The number of rotatable bonds is 12. The van der Waals surface area contributed by atoms with Gasteiger partial charge in [0.2, 0.25) is 0 Å². The molecule has 1 aliphatic rings. The molecule has 0 aromatic heterocycles. The molecule has 0 bridgehead atoms. The maximum absolute atomic E-state index is 11.6. The van der Waals surface area contributed by atoms with E-state index in [2.05, 4.69) is 37.3 Å². The Morgan fingerprint density at radius 2 is 1.44 bits per heavy atom. The van der Waals surface area contributed by atoms with E-state index in [1.54, 1.807) is 0 Å². The first-order chi connectivity index (χ1) is 15.7. The molecule has 0 spiro atoms. The van der Waals surface area contributed by atoms with Gasteiger partial charge in [0, 0.05) is 6.42 Å². The van der Waals surface area contributed by atoms with E-state index in [-0.39, 0.29) is 5.97 Å². The van der Waals surface area contributed by atoms with Crippen molar-refractivity contribution < 1.29 is 9.53 Å². The third-order valence-corrected chi connectivity index (χ3v) is 6.61. The van der Waals surface area contributed by atoms with E-state index in [0.29, 0.717) is 12.2 Å². The molecule has 0 saturated carbocycles. The van der Waals surface area contributed by atoms with Crippen LogP contribution in [-0.2, 0) is 4.79 Å². The van der Waals surface area contributed by atoms with Gasteiger partial charge in [-0.3, -0.25) is 4.79 Å². The Balaban J connectivity index is 1.48. The SMILES string of the molecule is CCCCCCCCC1CC=C(c2ccc(-c3ccc(OC(=O)CCC)cc3)cc2)CC1. The smallest absolute Gasteiger partial charge is 0.311 e. The van der Waals surface area contributed by atoms with Crippen LogP contribution in [0.15, 0.2) is 54.6 Å². The number of hydrogen-bond acceptors (Lipinski definition) is 2. The van der Waals surface area contributed by atoms with Crippen molar-refractivity contribution in [3.8, 4) is 16.9 Å². The van der Waals surface area contributed by atoms with Crippen LogP contribution in [0.5, 0.6) is 5.75 Å². The predicted molar refractivity (Wildman–Crippen MR) is 136 cm³/mol. The summed E-state index contributed by atoms with van der Waals surface area (Å²) < 4.78 is 5.35. The second-order valence-corrected chi connectivity index (χ2v) is 9.25. The van der Waals surface area contributed by atoms with E-state index in [1.165, 1.54) is 80.9 Å². The van der Waals surface area contributed by atoms with Gasteiger partial charge in [-0.15, -0.1) is 0 Å². The highest BCUT2D eigenvalue weighted by Gasteiger charge is 2.15. The van der Waals surface area contributed by atoms with Crippen LogP contribution in [0.4, 0.5) is 0 Å². The van der Waals surface area contributed by atoms with Gasteiger partial charge in [-0.05, 0) is 66.0 Å². The molecule has 0 aliphatic heterocycles. The lowest BCUT2D eigenvalue weighted by atomic mass is 9.83. The summed E-state index contributed by atoms with van der Waals surface area (Å²) in [6.07, 6.45) is 17.3. The minimum Gasteiger partial charge on any atom is -0.427 e. The van der Waals surface area contributed by atoms with Crippen LogP contribution < -0.4 is 4.74 Å². The predicted octanol–water partition coefficient (Wildman–Crippen LogP) is 8.99. The number of allylic oxidation sites excluding steroid dienone is 2. The average molecular weight is 433 g/mol. The van der Waals surface area contributed by atoms with Crippen LogP contribution in [-0.4, -0.2) is 5.97 Å². The maximum atomic E-state index is 11.6. The van der Waals surface area contributed by atoms with Gasteiger partial charge < -0.3 is 4.74 Å². The average Bonchev–Trinajstić information content (AvgIpc) is 2.82. The monoisotopic (exact) mass is 432 g/mol. The lowest BCUT2D eigenvalue weighted by Crippen LogP contribution is -2.06. The molecule has 2 aromatic rings. The molecule has 3 rings (SSSR count). The number of carbonyl (C=O) groups is 1. The summed E-state index contributed by atoms with van der Waals surface area (Å²) >= 11 is 0. The summed E-state index contributed by atoms with van der Waals surface area (Å²) in [6.45, 7) is 4.26. The van der Waals surface area contributed by atoms with E-state index >= 15 is 0 Å². The molecule has 0 amide bonds. The van der Waals surface area contributed by atoms with E-state index in [0.717, 1.165) is 17.9 Å². The Morgan fingerprint density at radius 3 is 2.06 bits per heavy atom. The molecule has 2 aromatic carbocycles. The molecular weight excluding hydrogens is 392 g/mol. The lowest BCUT2D eigenvalue weighted by molar-refractivity contribution is -0.134. The van der Waals surface area contributed by atoms with Gasteiger partial charge in [-0.1, -0.05) is 101 Å². The minimum absolute atomic E-state index is 0.167. The Bertz CT molecular complexity index is 845. The van der Waals surface area contributed by atoms with Crippen LogP contribution in [0, 0.1) is 5.92 Å². The van der Waals surface area contributed by atoms with E-state index in [4.69, 9.17) is 4.74 Å². The number of carbonyl (C=O) groups excluding carboxylic acids is 1. The fourth-order valence-corrected chi connectivity index (χ4v) is 4.60. The number of ether oxygens (including phenoxy) is 1. The van der Waals surface area contributed by atoms with Gasteiger partial charge in [0.25, 0.3) is 0 Å². The van der Waals surface area contributed by atoms with Gasteiger partial charge in [0.15, 0.2) is 0 Å². The molecule has 172 valence electrons. The fourth-order valence-electron chi connectivity index (χ4n) is 4.60. The standard InChI is InChI=1S/C30H40O2/c1-3-5-6-7-8-9-11-24-12-14-25(15-13-24)26-16-18-27(19-17-26)28-20-22-29(23-21-28)32-30(31)10-4-2/h14,16-24H,3-13,15H2,1-2H3. The zero-order chi connectivity index (χ0) is 22.6. The van der Waals surface area contributed by atoms with Gasteiger partial charge in [-0.2, -0.15) is 0 Å². The van der Waals surface area contributed by atoms with Crippen molar-refractivity contribution >= 4 is 11.5 Å². The van der Waals surface area contributed by atoms with Crippen LogP contribution in [0.2, 0.25) is 0 Å². The third kappa shape index (κ3) is 7.65. The topological polar surface area (TPSA) is 26.3 Å². The van der Waals surface area contributed by atoms with Gasteiger partial charge in [-0.25, -0.2) is 0 Å². The highest BCUT2D eigenvalue weighted by atomic mass is 16.5. The van der Waals surface area contributed by atoms with Crippen LogP contribution in [0.25, 0.3) is 16.7 Å². The summed E-state index contributed by atoms with van der Waals surface area (Å²) in [5, 5.41) is 0. The largest absolute Gasteiger partial charge is 0.427 e. The number of unbranched alkanes of at least 4 members (excludes halogenated alkanes) is 5. The van der Waals surface area contributed by atoms with Gasteiger partial charge in [0.1, 0.15) is 5.75 Å². The summed E-state index contributed by atoms with van der Waals surface area (Å²) in [6, 6.07) is 16.7. The van der Waals surface area contributed by atoms with Crippen molar-refractivity contribution in [3.63, 3.8) is 0 Å². The van der Waals surface area contributed by atoms with Crippen LogP contribution in [0.1, 0.15) is 96.5 Å². The van der Waals surface area contributed by atoms with Crippen molar-refractivity contribution in [2.45, 2.75) is 90.9 Å². The lowest BCUT2D eigenvalue weighted by Gasteiger charge is -2.22. The van der Waals surface area contributed by atoms with Crippen LogP contribution in [0.3, 0.4) is 0 Å². The summed E-state index contributed by atoms with van der Waals surface area (Å²) in [7, 11) is 0. The summed E-state index contributed by atoms with van der Waals surface area (Å²) in [5.41, 5.74) is 5.20. The van der Waals surface area contributed by atoms with Gasteiger partial charge in [0.05, 0.1) is 0 Å². The maximum Gasteiger partial charge on any atom is 0.311 e. The quantitative estimate of drug-likeness (QED) is 0.190. The zero-order valence-corrected chi connectivity index (χ0v) is 20.1. The molecule has 0 radical (unpaired) electrons. The zero-order valence-electron chi connectivity index (χ0n) is 20.1. The first kappa shape index (κ1) is 24.3. The van der Waals surface area contributed by atoms with E-state index in [1.807, 2.05) is 31.2 Å². The van der Waals surface area contributed by atoms with Crippen molar-refractivity contribution in [2.75, 3.05) is 0 Å². The Morgan fingerprint density at radius 1 is 0.812 bits per heavy atom. The molecular formula is C30H40O2. The van der Waals surface area contributed by atoms with Crippen molar-refractivity contribution in [2.24, 2.45) is 5.92 Å². The molecule has 2 nitrogen and oxygen atoms in total. The molecule has 1 atom stereocenters. The van der Waals surface area contributed by atoms with Crippen molar-refractivity contribution in [1.82, 2.24) is 0 Å². The normalized spacial score (nSPS) is 15.9. The van der Waals surface area contributed by atoms with Crippen molar-refractivity contribution in [1.29, 1.82) is 0 Å². The van der Waals surface area contributed by atoms with Gasteiger partial charge >= 0.3 is 5.97 Å². The molecule has 1 aliphatic carbocycles. The molecule has 0 fully saturated rings. The fraction of sp³-hybridized carbons (Fsp3) is 0.500. The number of benzene rings is 2. The first-order valence-electron chi connectivity index (χ1n) is 12.8. The summed E-state index contributed by atoms with van der Waals surface area (Å²) in [4.78, 5) is 11.6. The summed E-state index contributed by atoms with van der Waals surface area (Å²) in [5.74, 6) is 1.33. The molecule has 2 heteroatoms. The highest BCUT2D eigenvalue weighted by Crippen LogP contribution is 2.34. The minimum atomic E-state index is -0.167. The molecule has 32 heavy (non-hydrogen) atoms. The Kier molecular flexibility index (Phi) is 10.1. The second-order valence-electron chi connectivity index (χ2n) is 9.25. The Labute approximate surface area is 195 Å². The molecule has 0 N–H and O–H groups in total. The molecule has 0 saturated heterocycles. The molecule has 1 unspecified atom stereocenters. The molecule has 0 heterocycles.